The van der Waals surface area contributed by atoms with Crippen LogP contribution in [0, 0.1) is 0 Å². The molecule has 0 unspecified atom stereocenters. The zero-order chi connectivity index (χ0) is 34.6. The third-order valence-corrected chi connectivity index (χ3v) is 8.54. The number of aliphatic hydroxyl groups is 1. The summed E-state index contributed by atoms with van der Waals surface area (Å²) in [5.41, 5.74) is 8.79. The van der Waals surface area contributed by atoms with Crippen LogP contribution in [-0.4, -0.2) is 94.8 Å². The lowest BCUT2D eigenvalue weighted by molar-refractivity contribution is -0.274. The van der Waals surface area contributed by atoms with Crippen molar-refractivity contribution >= 4 is 33.3 Å². The zero-order valence-electron chi connectivity index (χ0n) is 25.7. The number of primary amides is 1. The number of hydrogen-bond acceptors (Lipinski definition) is 11. The molecule has 3 heterocycles. The van der Waals surface area contributed by atoms with Gasteiger partial charge >= 0.3 is 6.36 Å². The second-order valence-corrected chi connectivity index (χ2v) is 12.4. The van der Waals surface area contributed by atoms with Crippen molar-refractivity contribution in [2.45, 2.75) is 30.6 Å². The molecule has 18 heteroatoms. The van der Waals surface area contributed by atoms with Gasteiger partial charge in [0.15, 0.2) is 11.4 Å². The minimum absolute atomic E-state index is 0.0384. The number of carbonyl (C=O) groups excluding carboxylic acids is 1. The Balaban J connectivity index is 0.000000387. The normalized spacial score (nSPS) is 14.8. The number of fused-ring (bicyclic) bond motifs is 3. The van der Waals surface area contributed by atoms with Gasteiger partial charge in [0.2, 0.25) is 5.95 Å². The van der Waals surface area contributed by atoms with Gasteiger partial charge in [-0.3, -0.25) is 14.0 Å². The second kappa shape index (κ2) is 14.1. The van der Waals surface area contributed by atoms with Crippen molar-refractivity contribution in [3.63, 3.8) is 0 Å². The van der Waals surface area contributed by atoms with Gasteiger partial charge < -0.3 is 30.7 Å². The van der Waals surface area contributed by atoms with E-state index in [0.29, 0.717) is 29.8 Å². The largest absolute Gasteiger partial charge is 0.573 e. The number of anilines is 3. The lowest BCUT2D eigenvalue weighted by Crippen LogP contribution is -2.44. The van der Waals surface area contributed by atoms with E-state index in [1.54, 1.807) is 36.5 Å². The first kappa shape index (κ1) is 34.6. The number of benzene rings is 2. The number of alkyl halides is 3. The molecule has 48 heavy (non-hydrogen) atoms. The van der Waals surface area contributed by atoms with Crippen molar-refractivity contribution in [1.29, 1.82) is 0 Å². The Bertz CT molecular complexity index is 1880. The van der Waals surface area contributed by atoms with Crippen LogP contribution in [0.15, 0.2) is 59.6 Å². The summed E-state index contributed by atoms with van der Waals surface area (Å²) in [4.78, 5) is 25.1. The molecule has 14 nitrogen and oxygen atoms in total. The fourth-order valence-electron chi connectivity index (χ4n) is 5.37. The van der Waals surface area contributed by atoms with E-state index in [4.69, 9.17) is 10.3 Å². The maximum Gasteiger partial charge on any atom is 0.573 e. The molecule has 1 aliphatic heterocycles. The van der Waals surface area contributed by atoms with Crippen LogP contribution in [0.5, 0.6) is 5.75 Å². The van der Waals surface area contributed by atoms with Gasteiger partial charge in [-0.1, -0.05) is 18.2 Å². The summed E-state index contributed by atoms with van der Waals surface area (Å²) >= 11 is 0. The molecule has 0 atom stereocenters. The van der Waals surface area contributed by atoms with Gasteiger partial charge in [0.1, 0.15) is 0 Å². The summed E-state index contributed by atoms with van der Waals surface area (Å²) in [6.07, 6.45) is -2.30. The summed E-state index contributed by atoms with van der Waals surface area (Å²) in [6, 6.07) is 11.9. The van der Waals surface area contributed by atoms with Crippen LogP contribution in [0.4, 0.5) is 30.5 Å². The minimum Gasteiger partial charge on any atom is -0.404 e. The van der Waals surface area contributed by atoms with E-state index in [1.807, 2.05) is 7.05 Å². The van der Waals surface area contributed by atoms with Crippen molar-refractivity contribution in [3.05, 3.63) is 71.5 Å². The van der Waals surface area contributed by atoms with Gasteiger partial charge in [0.05, 0.1) is 35.1 Å². The van der Waals surface area contributed by atoms with E-state index in [1.165, 1.54) is 22.9 Å². The lowest BCUT2D eigenvalue weighted by atomic mass is 9.93. The molecule has 1 amide bonds. The number of halogens is 3. The summed E-state index contributed by atoms with van der Waals surface area (Å²) < 4.78 is 74.5. The van der Waals surface area contributed by atoms with E-state index < -0.39 is 28.1 Å². The van der Waals surface area contributed by atoms with Crippen molar-refractivity contribution in [2.24, 2.45) is 5.73 Å². The van der Waals surface area contributed by atoms with Gasteiger partial charge in [-0.05, 0) is 55.8 Å². The maximum atomic E-state index is 13.2. The fraction of sp³-hybridized carbons (Fsp3) is 0.333. The van der Waals surface area contributed by atoms with Crippen LogP contribution < -0.4 is 20.7 Å². The Hall–Kier alpha value is -4.78. The molecule has 0 radical (unpaired) electrons. The number of aryl methyl sites for hydroxylation is 1. The Morgan fingerprint density at radius 2 is 1.79 bits per heavy atom. The van der Waals surface area contributed by atoms with Gasteiger partial charge in [-0.2, -0.15) is 13.5 Å². The second-order valence-electron chi connectivity index (χ2n) is 11.0. The highest BCUT2D eigenvalue weighted by Gasteiger charge is 2.33. The quantitative estimate of drug-likeness (QED) is 0.198. The average molecular weight is 691 g/mol. The predicted molar refractivity (Wildman–Crippen MR) is 169 cm³/mol. The zero-order valence-corrected chi connectivity index (χ0v) is 26.5. The van der Waals surface area contributed by atoms with Gasteiger partial charge in [-0.15, -0.1) is 13.2 Å². The molecular formula is C30H33F3N8O6S. The molecule has 256 valence electrons. The van der Waals surface area contributed by atoms with E-state index in [9.17, 15) is 31.5 Å². The van der Waals surface area contributed by atoms with Crippen LogP contribution in [0.25, 0.3) is 11.4 Å². The van der Waals surface area contributed by atoms with Crippen molar-refractivity contribution in [2.75, 3.05) is 50.1 Å². The number of piperazine rings is 1. The van der Waals surface area contributed by atoms with Gasteiger partial charge in [-0.25, -0.2) is 9.97 Å². The standard InChI is InChI=1S/C24H27F3N8O3.C6H6O3S/c1-33-6-8-34(9-7-33)15-3-5-18(38-24(25,26)27)17(12-15)30-23-29-13-14-2-4-16-20(22(28)37)32-35(10-11-36)21(16)19(14)31-23;7-10(8,9)6-4-2-1-3-5-6/h3,5,12-13,36H,2,4,6-11H2,1H3,(H2,28,37)(H,29,30,31);1-5H,(H,7,8,9). The summed E-state index contributed by atoms with van der Waals surface area (Å²) in [6.45, 7) is 2.99. The Kier molecular flexibility index (Phi) is 10.2. The molecule has 4 aromatic rings. The van der Waals surface area contributed by atoms with Crippen LogP contribution in [0.2, 0.25) is 0 Å². The number of rotatable bonds is 8. The topological polar surface area (TPSA) is 189 Å². The molecule has 2 aliphatic rings. The molecule has 1 saturated heterocycles. The fourth-order valence-corrected chi connectivity index (χ4v) is 5.87. The molecule has 2 aromatic heterocycles. The molecule has 0 bridgehead atoms. The predicted octanol–water partition coefficient (Wildman–Crippen LogP) is 2.86. The smallest absolute Gasteiger partial charge is 0.404 e. The highest BCUT2D eigenvalue weighted by Crippen LogP contribution is 2.38. The van der Waals surface area contributed by atoms with Crippen LogP contribution >= 0.6 is 0 Å². The molecule has 1 fully saturated rings. The Morgan fingerprint density at radius 1 is 1.08 bits per heavy atom. The molecule has 5 N–H and O–H groups in total. The highest BCUT2D eigenvalue weighted by molar-refractivity contribution is 7.85. The number of aromatic nitrogens is 4. The number of nitrogens with two attached hydrogens (primary N) is 1. The number of amides is 1. The van der Waals surface area contributed by atoms with Crippen LogP contribution in [0.3, 0.4) is 0 Å². The molecule has 6 rings (SSSR count). The summed E-state index contributed by atoms with van der Waals surface area (Å²) in [7, 11) is -1.99. The van der Waals surface area contributed by atoms with E-state index in [2.05, 4.69) is 34.9 Å². The number of nitrogens with one attached hydrogen (secondary N) is 1. The number of nitrogens with zero attached hydrogens (tertiary/aromatic N) is 6. The van der Waals surface area contributed by atoms with E-state index in [0.717, 1.165) is 37.4 Å². The van der Waals surface area contributed by atoms with Gasteiger partial charge in [0, 0.05) is 43.6 Å². The lowest BCUT2D eigenvalue weighted by Gasteiger charge is -2.34. The molecule has 0 spiro atoms. The number of aliphatic hydroxyl groups excluding tert-OH is 1. The summed E-state index contributed by atoms with van der Waals surface area (Å²) in [5.74, 6) is -1.07. The molecule has 0 saturated carbocycles. The maximum absolute atomic E-state index is 13.2. The number of ether oxygens (including phenoxy) is 1. The Morgan fingerprint density at radius 3 is 2.40 bits per heavy atom. The number of likely N-dealkylation sites (N-methyl/N-ethyl adjacent to an activating group) is 1. The van der Waals surface area contributed by atoms with Gasteiger partial charge in [0.25, 0.3) is 16.0 Å². The first-order chi connectivity index (χ1) is 22.7. The number of carbonyl (C=O) groups is 1. The third kappa shape index (κ3) is 8.19. The average Bonchev–Trinajstić information content (AvgIpc) is 3.41. The van der Waals surface area contributed by atoms with Crippen LogP contribution in [0.1, 0.15) is 21.6 Å². The SMILES string of the molecule is CN1CCN(c2ccc(OC(F)(F)F)c(Nc3ncc4c(n3)-c3c(c(C(N)=O)nn3CCO)CC4)c2)CC1.O=S(=O)(O)c1ccccc1. The van der Waals surface area contributed by atoms with Crippen molar-refractivity contribution in [3.8, 4) is 17.1 Å². The summed E-state index contributed by atoms with van der Waals surface area (Å²) in [5, 5.41) is 16.7. The first-order valence-electron chi connectivity index (χ1n) is 14.7. The first-order valence-corrected chi connectivity index (χ1v) is 16.2. The molecule has 1 aliphatic carbocycles. The third-order valence-electron chi connectivity index (χ3n) is 7.67. The Labute approximate surface area is 273 Å². The van der Waals surface area contributed by atoms with Crippen molar-refractivity contribution < 1.29 is 40.8 Å². The highest BCUT2D eigenvalue weighted by atomic mass is 32.2. The van der Waals surface area contributed by atoms with E-state index >= 15 is 0 Å². The monoisotopic (exact) mass is 690 g/mol. The molecular weight excluding hydrogens is 657 g/mol. The van der Waals surface area contributed by atoms with Crippen molar-refractivity contribution in [1.82, 2.24) is 24.6 Å². The minimum atomic E-state index is -4.89. The molecule has 2 aromatic carbocycles. The van der Waals surface area contributed by atoms with E-state index in [-0.39, 0.29) is 35.4 Å². The van der Waals surface area contributed by atoms with Crippen LogP contribution in [-0.2, 0) is 29.5 Å². The number of hydrogen-bond donors (Lipinski definition) is 4.